The second kappa shape index (κ2) is 8.70. The first-order valence-electron chi connectivity index (χ1n) is 6.92. The van der Waals surface area contributed by atoms with Gasteiger partial charge in [0.2, 0.25) is 0 Å². The topological polar surface area (TPSA) is 27.3 Å². The minimum absolute atomic E-state index is 0.825. The van der Waals surface area contributed by atoms with Crippen molar-refractivity contribution in [2.45, 2.75) is 39.0 Å². The van der Waals surface area contributed by atoms with Crippen LogP contribution in [0.1, 0.15) is 39.0 Å². The molecule has 0 unspecified atom stereocenters. The Kier molecular flexibility index (Phi) is 7.53. The first-order chi connectivity index (χ1) is 8.22. The van der Waals surface area contributed by atoms with E-state index in [1.54, 1.807) is 0 Å². The zero-order chi connectivity index (χ0) is 12.5. The monoisotopic (exact) mass is 257 g/mol. The van der Waals surface area contributed by atoms with Gasteiger partial charge in [0.25, 0.3) is 0 Å². The molecule has 1 aliphatic rings. The molecule has 0 aromatic carbocycles. The second-order valence-corrected chi connectivity index (χ2v) is 5.48. The standard InChI is InChI=1S/C13H27N3S/c1-3-4-8-14-13(17)15-9-5-12-6-10-16(2)11-7-12/h12H,3-11H2,1-2H3,(H2,14,15,17). The van der Waals surface area contributed by atoms with Crippen LogP contribution in [-0.4, -0.2) is 43.2 Å². The minimum atomic E-state index is 0.825. The number of thiocarbonyl (C=S) groups is 1. The fraction of sp³-hybridized carbons (Fsp3) is 0.923. The predicted molar refractivity (Wildman–Crippen MR) is 78.3 cm³/mol. The maximum atomic E-state index is 5.22. The van der Waals surface area contributed by atoms with E-state index < -0.39 is 0 Å². The molecule has 1 saturated heterocycles. The van der Waals surface area contributed by atoms with Crippen LogP contribution in [0, 0.1) is 5.92 Å². The van der Waals surface area contributed by atoms with E-state index in [0.717, 1.165) is 24.1 Å². The Hall–Kier alpha value is -0.350. The van der Waals surface area contributed by atoms with Crippen molar-refractivity contribution in [3.05, 3.63) is 0 Å². The molecule has 0 saturated carbocycles. The summed E-state index contributed by atoms with van der Waals surface area (Å²) in [6.07, 6.45) is 6.34. The smallest absolute Gasteiger partial charge is 0.166 e. The Morgan fingerprint density at radius 3 is 2.53 bits per heavy atom. The van der Waals surface area contributed by atoms with Gasteiger partial charge in [0.15, 0.2) is 5.11 Å². The number of hydrogen-bond acceptors (Lipinski definition) is 2. The van der Waals surface area contributed by atoms with E-state index in [1.807, 2.05) is 0 Å². The molecule has 17 heavy (non-hydrogen) atoms. The SMILES string of the molecule is CCCCNC(=S)NCCC1CCN(C)CC1. The lowest BCUT2D eigenvalue weighted by Crippen LogP contribution is -2.37. The Balaban J connectivity index is 1.97. The summed E-state index contributed by atoms with van der Waals surface area (Å²) in [7, 11) is 2.21. The first-order valence-corrected chi connectivity index (χ1v) is 7.33. The molecule has 0 bridgehead atoms. The van der Waals surface area contributed by atoms with Gasteiger partial charge in [-0.1, -0.05) is 13.3 Å². The van der Waals surface area contributed by atoms with Crippen LogP contribution >= 0.6 is 12.2 Å². The van der Waals surface area contributed by atoms with Crippen molar-refractivity contribution in [3.8, 4) is 0 Å². The summed E-state index contributed by atoms with van der Waals surface area (Å²) in [6.45, 7) is 6.72. The first kappa shape index (κ1) is 14.7. The normalized spacial score (nSPS) is 18.0. The van der Waals surface area contributed by atoms with Crippen molar-refractivity contribution in [3.63, 3.8) is 0 Å². The summed E-state index contributed by atoms with van der Waals surface area (Å²) in [5.74, 6) is 0.886. The maximum absolute atomic E-state index is 5.22. The van der Waals surface area contributed by atoms with Crippen LogP contribution in [0.25, 0.3) is 0 Å². The van der Waals surface area contributed by atoms with Crippen LogP contribution < -0.4 is 10.6 Å². The van der Waals surface area contributed by atoms with Gasteiger partial charge in [-0.05, 0) is 64.0 Å². The van der Waals surface area contributed by atoms with Gasteiger partial charge in [0.1, 0.15) is 0 Å². The lowest BCUT2D eigenvalue weighted by Gasteiger charge is -2.29. The molecule has 0 amide bonds. The highest BCUT2D eigenvalue weighted by Crippen LogP contribution is 2.18. The highest BCUT2D eigenvalue weighted by Gasteiger charge is 2.15. The average molecular weight is 257 g/mol. The van der Waals surface area contributed by atoms with E-state index in [2.05, 4.69) is 29.5 Å². The fourth-order valence-corrected chi connectivity index (χ4v) is 2.39. The molecule has 0 radical (unpaired) electrons. The molecule has 1 fully saturated rings. The molecule has 4 heteroatoms. The summed E-state index contributed by atoms with van der Waals surface area (Å²) in [5.41, 5.74) is 0. The van der Waals surface area contributed by atoms with Crippen LogP contribution in [0.3, 0.4) is 0 Å². The molecule has 0 spiro atoms. The summed E-state index contributed by atoms with van der Waals surface area (Å²) >= 11 is 5.22. The highest BCUT2D eigenvalue weighted by atomic mass is 32.1. The van der Waals surface area contributed by atoms with Crippen molar-refractivity contribution in [2.24, 2.45) is 5.92 Å². The zero-order valence-corrected chi connectivity index (χ0v) is 12.1. The molecule has 0 aromatic rings. The highest BCUT2D eigenvalue weighted by molar-refractivity contribution is 7.80. The molecule has 1 rings (SSSR count). The van der Waals surface area contributed by atoms with Gasteiger partial charge < -0.3 is 15.5 Å². The van der Waals surface area contributed by atoms with Crippen LogP contribution in [0.5, 0.6) is 0 Å². The van der Waals surface area contributed by atoms with Gasteiger partial charge in [-0.15, -0.1) is 0 Å². The largest absolute Gasteiger partial charge is 0.363 e. The molecular formula is C13H27N3S. The third kappa shape index (κ3) is 6.84. The molecule has 0 aromatic heterocycles. The Morgan fingerprint density at radius 1 is 1.24 bits per heavy atom. The van der Waals surface area contributed by atoms with Crippen molar-refractivity contribution in [1.29, 1.82) is 0 Å². The van der Waals surface area contributed by atoms with Gasteiger partial charge in [-0.25, -0.2) is 0 Å². The van der Waals surface area contributed by atoms with E-state index in [1.165, 1.54) is 45.2 Å². The summed E-state index contributed by atoms with van der Waals surface area (Å²) in [4.78, 5) is 2.42. The van der Waals surface area contributed by atoms with Crippen molar-refractivity contribution >= 4 is 17.3 Å². The third-order valence-corrected chi connectivity index (χ3v) is 3.78. The molecule has 1 aliphatic heterocycles. The number of nitrogens with one attached hydrogen (secondary N) is 2. The molecule has 0 aliphatic carbocycles. The number of nitrogens with zero attached hydrogens (tertiary/aromatic N) is 1. The summed E-state index contributed by atoms with van der Waals surface area (Å²) < 4.78 is 0. The van der Waals surface area contributed by atoms with Crippen LogP contribution in [0.4, 0.5) is 0 Å². The molecule has 100 valence electrons. The second-order valence-electron chi connectivity index (χ2n) is 5.07. The Labute approximate surface area is 111 Å². The van der Waals surface area contributed by atoms with Gasteiger partial charge >= 0.3 is 0 Å². The quantitative estimate of drug-likeness (QED) is 0.562. The van der Waals surface area contributed by atoms with Crippen molar-refractivity contribution in [1.82, 2.24) is 15.5 Å². The number of unbranched alkanes of at least 4 members (excludes halogenated alkanes) is 1. The number of likely N-dealkylation sites (tertiary alicyclic amines) is 1. The van der Waals surface area contributed by atoms with E-state index in [4.69, 9.17) is 12.2 Å². The van der Waals surface area contributed by atoms with Gasteiger partial charge in [0.05, 0.1) is 0 Å². The summed E-state index contributed by atoms with van der Waals surface area (Å²) in [5, 5.41) is 7.37. The summed E-state index contributed by atoms with van der Waals surface area (Å²) in [6, 6.07) is 0. The zero-order valence-electron chi connectivity index (χ0n) is 11.3. The van der Waals surface area contributed by atoms with E-state index in [0.29, 0.717) is 0 Å². The lowest BCUT2D eigenvalue weighted by atomic mass is 9.94. The molecule has 2 N–H and O–H groups in total. The number of rotatable bonds is 6. The Morgan fingerprint density at radius 2 is 1.88 bits per heavy atom. The van der Waals surface area contributed by atoms with E-state index in [9.17, 15) is 0 Å². The van der Waals surface area contributed by atoms with E-state index >= 15 is 0 Å². The van der Waals surface area contributed by atoms with Crippen LogP contribution in [-0.2, 0) is 0 Å². The van der Waals surface area contributed by atoms with Gasteiger partial charge in [-0.2, -0.15) is 0 Å². The minimum Gasteiger partial charge on any atom is -0.363 e. The fourth-order valence-electron chi connectivity index (χ4n) is 2.18. The van der Waals surface area contributed by atoms with Crippen molar-refractivity contribution in [2.75, 3.05) is 33.2 Å². The number of hydrogen-bond donors (Lipinski definition) is 2. The van der Waals surface area contributed by atoms with Crippen LogP contribution in [0.2, 0.25) is 0 Å². The van der Waals surface area contributed by atoms with Gasteiger partial charge in [0, 0.05) is 13.1 Å². The maximum Gasteiger partial charge on any atom is 0.166 e. The third-order valence-electron chi connectivity index (χ3n) is 3.49. The average Bonchev–Trinajstić information content (AvgIpc) is 2.32. The van der Waals surface area contributed by atoms with Gasteiger partial charge in [-0.3, -0.25) is 0 Å². The Bertz CT molecular complexity index is 213. The number of piperidine rings is 1. The van der Waals surface area contributed by atoms with Crippen molar-refractivity contribution < 1.29 is 0 Å². The molecule has 0 atom stereocenters. The van der Waals surface area contributed by atoms with Crippen LogP contribution in [0.15, 0.2) is 0 Å². The predicted octanol–water partition coefficient (Wildman–Crippen LogP) is 1.98. The molecule has 3 nitrogen and oxygen atoms in total. The molecular weight excluding hydrogens is 230 g/mol. The lowest BCUT2D eigenvalue weighted by molar-refractivity contribution is 0.213. The molecule has 1 heterocycles. The van der Waals surface area contributed by atoms with E-state index in [-0.39, 0.29) is 0 Å².